The molecule has 2 heterocycles. The first-order valence-electron chi connectivity index (χ1n) is 10.6. The van der Waals surface area contributed by atoms with Crippen LogP contribution in [0.2, 0.25) is 0 Å². The number of rotatable bonds is 7. The van der Waals surface area contributed by atoms with Crippen LogP contribution in [-0.2, 0) is 16.6 Å². The minimum atomic E-state index is -3.73. The summed E-state index contributed by atoms with van der Waals surface area (Å²) in [5, 5.41) is 10.3. The Hall–Kier alpha value is -4.22. The van der Waals surface area contributed by atoms with Gasteiger partial charge in [-0.1, -0.05) is 35.4 Å². The van der Waals surface area contributed by atoms with Crippen LogP contribution in [0.1, 0.15) is 15.9 Å². The van der Waals surface area contributed by atoms with Crippen LogP contribution in [-0.4, -0.2) is 42.7 Å². The van der Waals surface area contributed by atoms with Crippen molar-refractivity contribution < 1.29 is 27.1 Å². The molecule has 1 aliphatic heterocycles. The number of carbonyl (C=O) groups excluding carboxylic acids is 1. The average Bonchev–Trinajstić information content (AvgIpc) is 3.53. The molecule has 0 aliphatic carbocycles. The standard InChI is InChI=1S/C24H20N4O6S/c1-28(14-16-5-3-2-4-6-16)35(30,31)19-10-7-17(8-11-19)22(29)25-24-27-26-23(34-24)18-9-12-20-21(13-18)33-15-32-20/h2-13H,14-15H2,1H3,(H,25,27,29). The quantitative estimate of drug-likeness (QED) is 0.416. The van der Waals surface area contributed by atoms with Gasteiger partial charge in [0.25, 0.3) is 5.91 Å². The molecule has 0 radical (unpaired) electrons. The monoisotopic (exact) mass is 492 g/mol. The van der Waals surface area contributed by atoms with Crippen molar-refractivity contribution in [1.82, 2.24) is 14.5 Å². The van der Waals surface area contributed by atoms with E-state index in [0.29, 0.717) is 17.1 Å². The summed E-state index contributed by atoms with van der Waals surface area (Å²) in [5.41, 5.74) is 1.71. The van der Waals surface area contributed by atoms with Crippen LogP contribution in [0.3, 0.4) is 0 Å². The molecular weight excluding hydrogens is 472 g/mol. The first-order chi connectivity index (χ1) is 16.9. The van der Waals surface area contributed by atoms with E-state index in [4.69, 9.17) is 13.9 Å². The molecule has 11 heteroatoms. The normalized spacial score (nSPS) is 12.6. The Morgan fingerprint density at radius 3 is 2.49 bits per heavy atom. The topological polar surface area (TPSA) is 124 Å². The lowest BCUT2D eigenvalue weighted by Gasteiger charge is -2.17. The van der Waals surface area contributed by atoms with Crippen molar-refractivity contribution in [3.05, 3.63) is 83.9 Å². The number of carbonyl (C=O) groups is 1. The van der Waals surface area contributed by atoms with E-state index in [2.05, 4.69) is 15.5 Å². The maximum atomic E-state index is 12.9. The lowest BCUT2D eigenvalue weighted by molar-refractivity contribution is 0.102. The molecule has 0 saturated carbocycles. The van der Waals surface area contributed by atoms with Gasteiger partial charge in [0.05, 0.1) is 4.90 Å². The molecule has 0 spiro atoms. The number of fused-ring (bicyclic) bond motifs is 1. The highest BCUT2D eigenvalue weighted by Gasteiger charge is 2.22. The van der Waals surface area contributed by atoms with Gasteiger partial charge in [-0.25, -0.2) is 8.42 Å². The summed E-state index contributed by atoms with van der Waals surface area (Å²) in [6, 6.07) is 20.0. The third kappa shape index (κ3) is 4.72. The highest BCUT2D eigenvalue weighted by molar-refractivity contribution is 7.89. The highest BCUT2D eigenvalue weighted by atomic mass is 32.2. The van der Waals surface area contributed by atoms with E-state index >= 15 is 0 Å². The molecule has 0 saturated heterocycles. The van der Waals surface area contributed by atoms with E-state index in [0.717, 1.165) is 5.56 Å². The maximum absolute atomic E-state index is 12.9. The third-order valence-electron chi connectivity index (χ3n) is 5.34. The predicted octanol–water partition coefficient (Wildman–Crippen LogP) is 3.54. The Bertz CT molecular complexity index is 1470. The van der Waals surface area contributed by atoms with E-state index in [1.807, 2.05) is 30.3 Å². The fourth-order valence-electron chi connectivity index (χ4n) is 3.47. The van der Waals surface area contributed by atoms with Gasteiger partial charge < -0.3 is 13.9 Å². The number of anilines is 1. The van der Waals surface area contributed by atoms with Crippen molar-refractivity contribution in [2.45, 2.75) is 11.4 Å². The molecule has 0 atom stereocenters. The molecule has 4 aromatic rings. The second-order valence-electron chi connectivity index (χ2n) is 7.71. The maximum Gasteiger partial charge on any atom is 0.322 e. The van der Waals surface area contributed by atoms with Crippen molar-refractivity contribution in [2.24, 2.45) is 0 Å². The molecule has 0 bridgehead atoms. The van der Waals surface area contributed by atoms with Crippen LogP contribution in [0.25, 0.3) is 11.5 Å². The number of sulfonamides is 1. The van der Waals surface area contributed by atoms with E-state index in [1.54, 1.807) is 18.2 Å². The first-order valence-corrected chi connectivity index (χ1v) is 12.0. The van der Waals surface area contributed by atoms with Crippen molar-refractivity contribution >= 4 is 21.9 Å². The molecule has 5 rings (SSSR count). The fourth-order valence-corrected chi connectivity index (χ4v) is 4.63. The summed E-state index contributed by atoms with van der Waals surface area (Å²) in [5.74, 6) is 0.864. The van der Waals surface area contributed by atoms with E-state index in [9.17, 15) is 13.2 Å². The molecule has 35 heavy (non-hydrogen) atoms. The smallest absolute Gasteiger partial charge is 0.322 e. The SMILES string of the molecule is CN(Cc1ccccc1)S(=O)(=O)c1ccc(C(=O)Nc2nnc(-c3ccc4c(c3)OCO4)o2)cc1. The summed E-state index contributed by atoms with van der Waals surface area (Å²) < 4.78 is 43.2. The van der Waals surface area contributed by atoms with Gasteiger partial charge in [0.1, 0.15) is 0 Å². The molecule has 1 N–H and O–H groups in total. The molecule has 0 fully saturated rings. The minimum absolute atomic E-state index is 0.0790. The van der Waals surface area contributed by atoms with Crippen LogP contribution in [0.4, 0.5) is 6.01 Å². The van der Waals surface area contributed by atoms with Gasteiger partial charge in [0.15, 0.2) is 11.5 Å². The fraction of sp³-hybridized carbons (Fsp3) is 0.125. The van der Waals surface area contributed by atoms with Gasteiger partial charge in [0, 0.05) is 24.7 Å². The summed E-state index contributed by atoms with van der Waals surface area (Å²) in [6.45, 7) is 0.377. The second-order valence-corrected chi connectivity index (χ2v) is 9.75. The summed E-state index contributed by atoms with van der Waals surface area (Å²) >= 11 is 0. The van der Waals surface area contributed by atoms with Gasteiger partial charge in [0.2, 0.25) is 22.7 Å². The number of nitrogens with one attached hydrogen (secondary N) is 1. The largest absolute Gasteiger partial charge is 0.454 e. The zero-order valence-electron chi connectivity index (χ0n) is 18.5. The number of amides is 1. The Balaban J connectivity index is 1.25. The molecule has 1 aromatic heterocycles. The summed E-state index contributed by atoms with van der Waals surface area (Å²) in [6.07, 6.45) is 0. The van der Waals surface area contributed by atoms with Crippen molar-refractivity contribution in [1.29, 1.82) is 0 Å². The number of ether oxygens (including phenoxy) is 2. The number of hydrogen-bond acceptors (Lipinski definition) is 8. The number of aromatic nitrogens is 2. The van der Waals surface area contributed by atoms with Gasteiger partial charge in [-0.15, -0.1) is 5.10 Å². The zero-order chi connectivity index (χ0) is 24.4. The van der Waals surface area contributed by atoms with E-state index < -0.39 is 15.9 Å². The van der Waals surface area contributed by atoms with Crippen LogP contribution >= 0.6 is 0 Å². The van der Waals surface area contributed by atoms with Gasteiger partial charge >= 0.3 is 6.01 Å². The van der Waals surface area contributed by atoms with E-state index in [-0.39, 0.29) is 35.7 Å². The minimum Gasteiger partial charge on any atom is -0.454 e. The van der Waals surface area contributed by atoms with Crippen LogP contribution in [0, 0.1) is 0 Å². The molecule has 178 valence electrons. The predicted molar refractivity (Wildman–Crippen MR) is 125 cm³/mol. The molecule has 1 amide bonds. The Labute approximate surface area is 201 Å². The number of hydrogen-bond donors (Lipinski definition) is 1. The Kier molecular flexibility index (Phi) is 5.93. The third-order valence-corrected chi connectivity index (χ3v) is 7.16. The first kappa shape index (κ1) is 22.6. The molecule has 1 aliphatic rings. The molecular formula is C24H20N4O6S. The van der Waals surface area contributed by atoms with Crippen molar-refractivity contribution in [3.8, 4) is 23.0 Å². The molecule has 10 nitrogen and oxygen atoms in total. The van der Waals surface area contributed by atoms with E-state index in [1.165, 1.54) is 35.6 Å². The molecule has 0 unspecified atom stereocenters. The van der Waals surface area contributed by atoms with Crippen LogP contribution < -0.4 is 14.8 Å². The van der Waals surface area contributed by atoms with Crippen LogP contribution in [0.5, 0.6) is 11.5 Å². The highest BCUT2D eigenvalue weighted by Crippen LogP contribution is 2.35. The number of nitrogens with zero attached hydrogens (tertiary/aromatic N) is 3. The summed E-state index contributed by atoms with van der Waals surface area (Å²) in [4.78, 5) is 12.7. The molecule has 3 aromatic carbocycles. The second kappa shape index (κ2) is 9.20. The van der Waals surface area contributed by atoms with Gasteiger partial charge in [-0.05, 0) is 48.0 Å². The lowest BCUT2D eigenvalue weighted by Crippen LogP contribution is -2.26. The van der Waals surface area contributed by atoms with Crippen LogP contribution in [0.15, 0.2) is 82.1 Å². The Morgan fingerprint density at radius 1 is 0.971 bits per heavy atom. The number of benzene rings is 3. The van der Waals surface area contributed by atoms with Gasteiger partial charge in [-0.3, -0.25) is 10.1 Å². The van der Waals surface area contributed by atoms with Gasteiger partial charge in [-0.2, -0.15) is 4.31 Å². The zero-order valence-corrected chi connectivity index (χ0v) is 19.4. The lowest BCUT2D eigenvalue weighted by atomic mass is 10.2. The average molecular weight is 493 g/mol. The van der Waals surface area contributed by atoms with Crippen molar-refractivity contribution in [2.75, 3.05) is 19.2 Å². The Morgan fingerprint density at radius 2 is 1.71 bits per heavy atom. The summed E-state index contributed by atoms with van der Waals surface area (Å²) in [7, 11) is -2.22. The van der Waals surface area contributed by atoms with Crippen molar-refractivity contribution in [3.63, 3.8) is 0 Å².